The van der Waals surface area contributed by atoms with Crippen molar-refractivity contribution in [3.8, 4) is 0 Å². The van der Waals surface area contributed by atoms with Gasteiger partial charge in [0.1, 0.15) is 0 Å². The van der Waals surface area contributed by atoms with E-state index in [0.29, 0.717) is 46.5 Å². The van der Waals surface area contributed by atoms with Gasteiger partial charge in [-0.15, -0.1) is 0 Å². The fourth-order valence-corrected chi connectivity index (χ4v) is 4.10. The van der Waals surface area contributed by atoms with Crippen LogP contribution in [-0.2, 0) is 40.1 Å². The van der Waals surface area contributed by atoms with Crippen LogP contribution in [0.15, 0.2) is 24.3 Å². The second kappa shape index (κ2) is 7.30. The fourth-order valence-electron chi connectivity index (χ4n) is 3.83. The van der Waals surface area contributed by atoms with Crippen LogP contribution in [0.5, 0.6) is 0 Å². The van der Waals surface area contributed by atoms with E-state index in [2.05, 4.69) is 0 Å². The molecule has 0 atom stereocenters. The van der Waals surface area contributed by atoms with Crippen molar-refractivity contribution in [2.24, 2.45) is 0 Å². The van der Waals surface area contributed by atoms with Crippen molar-refractivity contribution in [2.45, 2.75) is 26.1 Å². The lowest BCUT2D eigenvalue weighted by molar-refractivity contribution is 0.0599. The second-order valence-corrected chi connectivity index (χ2v) is 6.98. The zero-order valence-corrected chi connectivity index (χ0v) is 15.5. The van der Waals surface area contributed by atoms with Gasteiger partial charge in [-0.25, -0.2) is 4.79 Å². The molecule has 0 bridgehead atoms. The van der Waals surface area contributed by atoms with Crippen molar-refractivity contribution in [3.05, 3.63) is 57.1 Å². The van der Waals surface area contributed by atoms with E-state index in [1.807, 2.05) is 0 Å². The van der Waals surface area contributed by atoms with Crippen LogP contribution in [0.3, 0.4) is 0 Å². The fraction of sp³-hybridized carbons (Fsp3) is 0.278. The van der Waals surface area contributed by atoms with Crippen LogP contribution < -0.4 is 10.9 Å². The summed E-state index contributed by atoms with van der Waals surface area (Å²) in [5, 5.41) is 20.7. The number of esters is 1. The molecule has 0 aliphatic carbocycles. The molecule has 0 fully saturated rings. The number of halogens is 1. The Morgan fingerprint density at radius 1 is 1.11 bits per heavy atom. The number of rotatable bonds is 4. The van der Waals surface area contributed by atoms with E-state index < -0.39 is 20.2 Å². The summed E-state index contributed by atoms with van der Waals surface area (Å²) in [5.74, 6) is -0.463. The van der Waals surface area contributed by atoms with Gasteiger partial charge in [0.15, 0.2) is 0 Å². The quantitative estimate of drug-likeness (QED) is 0.583. The molecule has 0 amide bonds. The summed E-state index contributed by atoms with van der Waals surface area (Å²) in [6, 6.07) is 6.97. The number of benzene rings is 2. The minimum absolute atomic E-state index is 0.287. The predicted molar refractivity (Wildman–Crippen MR) is 101 cm³/mol. The normalized spacial score (nSPS) is 15.1. The first-order valence-corrected chi connectivity index (χ1v) is 9.01. The number of hydrogen-bond acceptors (Lipinski definition) is 6. The highest BCUT2D eigenvalue weighted by Crippen LogP contribution is 2.26. The van der Waals surface area contributed by atoms with Crippen LogP contribution in [0.25, 0.3) is 0 Å². The van der Waals surface area contributed by atoms with Crippen LogP contribution in [0.1, 0.15) is 32.6 Å². The molecule has 0 unspecified atom stereocenters. The van der Waals surface area contributed by atoms with Gasteiger partial charge in [0.25, 0.3) is 0 Å². The highest BCUT2D eigenvalue weighted by Gasteiger charge is 2.34. The zero-order valence-electron chi connectivity index (χ0n) is 14.7. The van der Waals surface area contributed by atoms with Crippen LogP contribution in [0.4, 0.5) is 0 Å². The van der Waals surface area contributed by atoms with Crippen molar-refractivity contribution in [3.63, 3.8) is 0 Å². The lowest BCUT2D eigenvalue weighted by atomic mass is 9.73. The monoisotopic (exact) mass is 386 g/mol. The van der Waals surface area contributed by atoms with Crippen LogP contribution >= 0.6 is 11.6 Å². The maximum Gasteiger partial charge on any atom is 0.492 e. The number of ether oxygens (including phenoxy) is 1. The van der Waals surface area contributed by atoms with E-state index in [9.17, 15) is 14.8 Å². The first-order valence-electron chi connectivity index (χ1n) is 8.63. The molecule has 4 rings (SSSR count). The molecule has 9 heteroatoms. The highest BCUT2D eigenvalue weighted by atomic mass is 35.5. The maximum absolute atomic E-state index is 12.2. The van der Waals surface area contributed by atoms with Gasteiger partial charge in [0, 0.05) is 5.02 Å². The van der Waals surface area contributed by atoms with Crippen molar-refractivity contribution in [1.29, 1.82) is 0 Å². The summed E-state index contributed by atoms with van der Waals surface area (Å²) in [6.45, 7) is 0.585. The van der Waals surface area contributed by atoms with Gasteiger partial charge in [-0.3, -0.25) is 0 Å². The maximum atomic E-state index is 12.2. The molecular weight excluding hydrogens is 369 g/mol. The van der Waals surface area contributed by atoms with Crippen molar-refractivity contribution in [2.75, 3.05) is 7.11 Å². The highest BCUT2D eigenvalue weighted by molar-refractivity contribution is 6.62. The van der Waals surface area contributed by atoms with E-state index in [-0.39, 0.29) is 6.61 Å². The van der Waals surface area contributed by atoms with Gasteiger partial charge >= 0.3 is 20.2 Å². The first kappa shape index (κ1) is 18.5. The summed E-state index contributed by atoms with van der Waals surface area (Å²) in [6.07, 6.45) is 0.978. The number of carbonyl (C=O) groups excluding carboxylic acids is 1. The Morgan fingerprint density at radius 2 is 1.85 bits per heavy atom. The molecule has 0 radical (unpaired) electrons. The van der Waals surface area contributed by atoms with Gasteiger partial charge in [0.05, 0.1) is 25.9 Å². The number of fused-ring (bicyclic) bond motifs is 2. The van der Waals surface area contributed by atoms with Gasteiger partial charge in [-0.05, 0) is 58.2 Å². The third-order valence-corrected chi connectivity index (χ3v) is 5.54. The van der Waals surface area contributed by atoms with Crippen LogP contribution in [0.2, 0.25) is 5.02 Å². The Kier molecular flexibility index (Phi) is 5.01. The summed E-state index contributed by atoms with van der Waals surface area (Å²) in [5.41, 5.74) is 5.03. The zero-order chi connectivity index (χ0) is 19.1. The van der Waals surface area contributed by atoms with E-state index in [0.717, 1.165) is 16.7 Å². The molecular formula is C18H17B2ClO6. The molecule has 2 N–H and O–H groups in total. The summed E-state index contributed by atoms with van der Waals surface area (Å²) < 4.78 is 15.5. The summed E-state index contributed by atoms with van der Waals surface area (Å²) in [4.78, 5) is 12.2. The lowest BCUT2D eigenvalue weighted by Gasteiger charge is -2.15. The Hall–Kier alpha value is -1.83. The molecule has 2 aromatic rings. The average molecular weight is 386 g/mol. The molecule has 0 spiro atoms. The van der Waals surface area contributed by atoms with Crippen LogP contribution in [0, 0.1) is 0 Å². The number of carbonyl (C=O) groups is 1. The van der Waals surface area contributed by atoms with E-state index >= 15 is 0 Å². The van der Waals surface area contributed by atoms with E-state index in [1.165, 1.54) is 7.11 Å². The molecule has 2 aliphatic heterocycles. The topological polar surface area (TPSA) is 85.2 Å². The minimum atomic E-state index is -1.07. The van der Waals surface area contributed by atoms with Crippen molar-refractivity contribution >= 4 is 42.7 Å². The predicted octanol–water partition coefficient (Wildman–Crippen LogP) is 0.347. The molecule has 2 aromatic carbocycles. The Labute approximate surface area is 162 Å². The molecule has 138 valence electrons. The number of methoxy groups -OCH3 is 1. The van der Waals surface area contributed by atoms with Gasteiger partial charge in [0.2, 0.25) is 0 Å². The first-order chi connectivity index (χ1) is 13.0. The lowest BCUT2D eigenvalue weighted by Crippen LogP contribution is -2.33. The Morgan fingerprint density at radius 3 is 2.63 bits per heavy atom. The molecule has 0 aromatic heterocycles. The standard InChI is InChI=1S/C18H17B2ClO6/c1-25-18(22)13-3-2-10-8-26-20(24)17(10)12(13)5-4-11-14-9-27-19(23)15(14)6-7-16(11)21/h2-3,6-7,23-24H,4-5,8-9H2,1H3. The van der Waals surface area contributed by atoms with Crippen LogP contribution in [-0.4, -0.2) is 37.4 Å². The minimum Gasteiger partial charge on any atom is -0.465 e. The van der Waals surface area contributed by atoms with Crippen molar-refractivity contribution < 1.29 is 28.9 Å². The molecule has 6 nitrogen and oxygen atoms in total. The van der Waals surface area contributed by atoms with Gasteiger partial charge < -0.3 is 24.1 Å². The largest absolute Gasteiger partial charge is 0.492 e. The Balaban J connectivity index is 1.72. The third-order valence-electron chi connectivity index (χ3n) is 5.18. The number of hydrogen-bond donors (Lipinski definition) is 2. The third kappa shape index (κ3) is 3.17. The molecule has 0 saturated heterocycles. The molecule has 2 aliphatic rings. The van der Waals surface area contributed by atoms with Gasteiger partial charge in [-0.1, -0.05) is 23.7 Å². The molecule has 2 heterocycles. The van der Waals surface area contributed by atoms with Crippen molar-refractivity contribution in [1.82, 2.24) is 0 Å². The second-order valence-electron chi connectivity index (χ2n) is 6.58. The van der Waals surface area contributed by atoms with E-state index in [4.69, 9.17) is 25.6 Å². The van der Waals surface area contributed by atoms with Gasteiger partial charge in [-0.2, -0.15) is 0 Å². The smallest absolute Gasteiger partial charge is 0.465 e. The Bertz CT molecular complexity index is 919. The summed E-state index contributed by atoms with van der Waals surface area (Å²) >= 11 is 6.39. The molecule has 0 saturated carbocycles. The average Bonchev–Trinajstić information content (AvgIpc) is 3.23. The molecule has 27 heavy (non-hydrogen) atoms. The summed E-state index contributed by atoms with van der Waals surface area (Å²) in [7, 11) is -0.689. The van der Waals surface area contributed by atoms with E-state index in [1.54, 1.807) is 24.3 Å². The SMILES string of the molecule is COC(=O)c1ccc2c(c1CCc1c(Cl)ccc3c1COB3O)B(O)OC2.